The van der Waals surface area contributed by atoms with E-state index in [1.165, 1.54) is 18.5 Å². The molecule has 1 aliphatic rings. The molecular formula is C22H24BrN3O3. The number of nitrogens with one attached hydrogen (secondary N) is 1. The largest absolute Gasteiger partial charge is 0.490 e. The van der Waals surface area contributed by atoms with Crippen LogP contribution in [0.2, 0.25) is 0 Å². The van der Waals surface area contributed by atoms with E-state index in [9.17, 15) is 4.79 Å². The molecule has 0 unspecified atom stereocenters. The van der Waals surface area contributed by atoms with Crippen LogP contribution in [0.3, 0.4) is 0 Å². The molecule has 29 heavy (non-hydrogen) atoms. The summed E-state index contributed by atoms with van der Waals surface area (Å²) in [5, 5.41) is 12.0. The van der Waals surface area contributed by atoms with E-state index in [0.29, 0.717) is 34.7 Å². The molecule has 0 atom stereocenters. The van der Waals surface area contributed by atoms with Crippen molar-refractivity contribution in [2.75, 3.05) is 31.2 Å². The van der Waals surface area contributed by atoms with Crippen molar-refractivity contribution < 1.29 is 14.3 Å². The lowest BCUT2D eigenvalue weighted by Gasteiger charge is -2.21. The molecule has 0 aromatic heterocycles. The number of rotatable bonds is 8. The molecule has 6 nitrogen and oxygen atoms in total. The number of halogens is 1. The van der Waals surface area contributed by atoms with Gasteiger partial charge in [-0.2, -0.15) is 5.26 Å². The third-order valence-corrected chi connectivity index (χ3v) is 5.29. The van der Waals surface area contributed by atoms with Crippen molar-refractivity contribution >= 4 is 27.5 Å². The summed E-state index contributed by atoms with van der Waals surface area (Å²) in [5.41, 5.74) is 2.73. The molecule has 3 rings (SSSR count). The summed E-state index contributed by atoms with van der Waals surface area (Å²) < 4.78 is 11.8. The van der Waals surface area contributed by atoms with Gasteiger partial charge in [-0.15, -0.1) is 0 Å². The first-order valence-electron chi connectivity index (χ1n) is 9.71. The quantitative estimate of drug-likeness (QED) is 0.647. The third-order valence-electron chi connectivity index (χ3n) is 4.70. The molecule has 1 N–H and O–H groups in total. The van der Waals surface area contributed by atoms with Gasteiger partial charge in [0.05, 0.1) is 22.7 Å². The zero-order chi connectivity index (χ0) is 20.6. The van der Waals surface area contributed by atoms with Crippen molar-refractivity contribution in [3.63, 3.8) is 0 Å². The SMILES string of the molecule is CCOc1cc(C#N)cc(Br)c1OCC(=O)NCc1ccccc1N1CCCC1. The number of hydrogen-bond acceptors (Lipinski definition) is 5. The molecule has 1 aliphatic heterocycles. The Balaban J connectivity index is 1.61. The fraction of sp³-hybridized carbons (Fsp3) is 0.364. The fourth-order valence-electron chi connectivity index (χ4n) is 3.34. The van der Waals surface area contributed by atoms with Gasteiger partial charge in [-0.25, -0.2) is 0 Å². The van der Waals surface area contributed by atoms with Crippen molar-refractivity contribution in [2.45, 2.75) is 26.3 Å². The van der Waals surface area contributed by atoms with Gasteiger partial charge in [-0.1, -0.05) is 18.2 Å². The van der Waals surface area contributed by atoms with Crippen molar-refractivity contribution in [1.82, 2.24) is 5.32 Å². The first kappa shape index (κ1) is 21.0. The molecule has 1 heterocycles. The Morgan fingerprint density at radius 1 is 1.24 bits per heavy atom. The maximum atomic E-state index is 12.4. The molecule has 0 saturated carbocycles. The summed E-state index contributed by atoms with van der Waals surface area (Å²) in [5.74, 6) is 0.629. The number of nitriles is 1. The molecule has 0 spiro atoms. The zero-order valence-corrected chi connectivity index (χ0v) is 18.0. The summed E-state index contributed by atoms with van der Waals surface area (Å²) in [6, 6.07) is 13.5. The number of hydrogen-bond donors (Lipinski definition) is 1. The monoisotopic (exact) mass is 457 g/mol. The van der Waals surface area contributed by atoms with Gasteiger partial charge in [0.2, 0.25) is 0 Å². The van der Waals surface area contributed by atoms with Gasteiger partial charge in [0, 0.05) is 31.4 Å². The van der Waals surface area contributed by atoms with Gasteiger partial charge < -0.3 is 19.7 Å². The second-order valence-corrected chi connectivity index (χ2v) is 7.57. The van der Waals surface area contributed by atoms with E-state index in [1.807, 2.05) is 25.1 Å². The maximum Gasteiger partial charge on any atom is 0.258 e. The minimum absolute atomic E-state index is 0.142. The van der Waals surface area contributed by atoms with Gasteiger partial charge >= 0.3 is 0 Å². The highest BCUT2D eigenvalue weighted by molar-refractivity contribution is 9.10. The van der Waals surface area contributed by atoms with Gasteiger partial charge in [-0.3, -0.25) is 4.79 Å². The lowest BCUT2D eigenvalue weighted by molar-refractivity contribution is -0.123. The molecule has 0 radical (unpaired) electrons. The molecule has 152 valence electrons. The van der Waals surface area contributed by atoms with Gasteiger partial charge in [-0.05, 0) is 53.4 Å². The predicted octanol–water partition coefficient (Wildman–Crippen LogP) is 4.01. The molecule has 0 bridgehead atoms. The average Bonchev–Trinajstić information content (AvgIpc) is 3.26. The summed E-state index contributed by atoms with van der Waals surface area (Å²) in [6.07, 6.45) is 2.41. The highest BCUT2D eigenvalue weighted by Crippen LogP contribution is 2.36. The number of benzene rings is 2. The summed E-state index contributed by atoms with van der Waals surface area (Å²) in [6.45, 7) is 4.69. The Kier molecular flexibility index (Phi) is 7.36. The van der Waals surface area contributed by atoms with Gasteiger partial charge in [0.15, 0.2) is 18.1 Å². The highest BCUT2D eigenvalue weighted by atomic mass is 79.9. The van der Waals surface area contributed by atoms with Crippen LogP contribution in [0.15, 0.2) is 40.9 Å². The van der Waals surface area contributed by atoms with Crippen molar-refractivity contribution in [1.29, 1.82) is 5.26 Å². The first-order valence-corrected chi connectivity index (χ1v) is 10.5. The van der Waals surface area contributed by atoms with E-state index in [4.69, 9.17) is 14.7 Å². The van der Waals surface area contributed by atoms with Crippen LogP contribution in [-0.2, 0) is 11.3 Å². The molecule has 7 heteroatoms. The number of carbonyl (C=O) groups excluding carboxylic acids is 1. The van der Waals surface area contributed by atoms with Crippen molar-refractivity contribution in [2.24, 2.45) is 0 Å². The highest BCUT2D eigenvalue weighted by Gasteiger charge is 2.17. The van der Waals surface area contributed by atoms with E-state index in [0.717, 1.165) is 18.7 Å². The van der Waals surface area contributed by atoms with Crippen LogP contribution >= 0.6 is 15.9 Å². The maximum absolute atomic E-state index is 12.4. The zero-order valence-electron chi connectivity index (χ0n) is 16.4. The van der Waals surface area contributed by atoms with Crippen LogP contribution in [0.1, 0.15) is 30.9 Å². The first-order chi connectivity index (χ1) is 14.1. The lowest BCUT2D eigenvalue weighted by Crippen LogP contribution is -2.29. The van der Waals surface area contributed by atoms with Crippen LogP contribution < -0.4 is 19.7 Å². The molecule has 0 aliphatic carbocycles. The third kappa shape index (κ3) is 5.42. The topological polar surface area (TPSA) is 74.6 Å². The summed E-state index contributed by atoms with van der Waals surface area (Å²) >= 11 is 3.39. The standard InChI is InChI=1S/C22H24BrN3O3/c1-2-28-20-12-16(13-24)11-18(23)22(20)29-15-21(27)25-14-17-7-3-4-8-19(17)26-9-5-6-10-26/h3-4,7-8,11-12H,2,5-6,9-10,14-15H2,1H3,(H,25,27). The second-order valence-electron chi connectivity index (χ2n) is 6.72. The molecule has 1 fully saturated rings. The normalized spacial score (nSPS) is 13.1. The molecule has 2 aromatic rings. The minimum atomic E-state index is -0.222. The number of para-hydroxylation sites is 1. The summed E-state index contributed by atoms with van der Waals surface area (Å²) in [7, 11) is 0. The number of anilines is 1. The number of amides is 1. The van der Waals surface area contributed by atoms with E-state index in [1.54, 1.807) is 12.1 Å². The Morgan fingerprint density at radius 2 is 2.00 bits per heavy atom. The van der Waals surface area contributed by atoms with Crippen LogP contribution in [-0.4, -0.2) is 32.2 Å². The second kappa shape index (κ2) is 10.2. The van der Waals surface area contributed by atoms with E-state index in [-0.39, 0.29) is 12.5 Å². The Hall–Kier alpha value is -2.72. The van der Waals surface area contributed by atoms with Crippen LogP contribution in [0.25, 0.3) is 0 Å². The average molecular weight is 458 g/mol. The Bertz CT molecular complexity index is 905. The Labute approximate surface area is 179 Å². The lowest BCUT2D eigenvalue weighted by atomic mass is 10.1. The molecule has 1 amide bonds. The predicted molar refractivity (Wildman–Crippen MR) is 115 cm³/mol. The summed E-state index contributed by atoms with van der Waals surface area (Å²) in [4.78, 5) is 14.7. The van der Waals surface area contributed by atoms with Gasteiger partial charge in [0.25, 0.3) is 5.91 Å². The van der Waals surface area contributed by atoms with Crippen LogP contribution in [0.5, 0.6) is 11.5 Å². The van der Waals surface area contributed by atoms with Gasteiger partial charge in [0.1, 0.15) is 0 Å². The molecule has 2 aromatic carbocycles. The number of nitrogens with zero attached hydrogens (tertiary/aromatic N) is 2. The van der Waals surface area contributed by atoms with Crippen LogP contribution in [0, 0.1) is 11.3 Å². The minimum Gasteiger partial charge on any atom is -0.490 e. The van der Waals surface area contributed by atoms with E-state index in [2.05, 4.69) is 38.3 Å². The van der Waals surface area contributed by atoms with E-state index < -0.39 is 0 Å². The van der Waals surface area contributed by atoms with Crippen LogP contribution in [0.4, 0.5) is 5.69 Å². The number of ether oxygens (including phenoxy) is 2. The van der Waals surface area contributed by atoms with Crippen molar-refractivity contribution in [3.8, 4) is 17.6 Å². The smallest absolute Gasteiger partial charge is 0.258 e. The Morgan fingerprint density at radius 3 is 2.72 bits per heavy atom. The van der Waals surface area contributed by atoms with E-state index >= 15 is 0 Å². The number of carbonyl (C=O) groups is 1. The molecular weight excluding hydrogens is 434 g/mol. The molecule has 1 saturated heterocycles. The fourth-order valence-corrected chi connectivity index (χ4v) is 3.90. The van der Waals surface area contributed by atoms with Crippen molar-refractivity contribution in [3.05, 3.63) is 52.0 Å².